The van der Waals surface area contributed by atoms with E-state index in [2.05, 4.69) is 4.74 Å². The summed E-state index contributed by atoms with van der Waals surface area (Å²) in [6.45, 7) is 1.29. The molecule has 4 aliphatic rings. The van der Waals surface area contributed by atoms with Crippen LogP contribution in [-0.4, -0.2) is 11.9 Å². The molecule has 0 amide bonds. The minimum atomic E-state index is -0.466. The molecule has 0 N–H and O–H groups in total. The summed E-state index contributed by atoms with van der Waals surface area (Å²) in [5.74, 6) is 2.06. The normalized spacial score (nSPS) is 49.2. The van der Waals surface area contributed by atoms with Crippen LogP contribution in [0.3, 0.4) is 0 Å². The minimum absolute atomic E-state index is 0.0684. The molecule has 4 bridgehead atoms. The van der Waals surface area contributed by atoms with Crippen molar-refractivity contribution in [2.45, 2.75) is 19.8 Å². The van der Waals surface area contributed by atoms with Crippen molar-refractivity contribution in [1.29, 1.82) is 0 Å². The number of esters is 2. The van der Waals surface area contributed by atoms with Crippen LogP contribution in [0.5, 0.6) is 0 Å². The molecule has 4 aliphatic carbocycles. The Labute approximate surface area is 76.4 Å². The molecule has 0 heterocycles. The van der Waals surface area contributed by atoms with Crippen LogP contribution < -0.4 is 0 Å². The van der Waals surface area contributed by atoms with Gasteiger partial charge in [0.25, 0.3) is 0 Å². The first kappa shape index (κ1) is 7.54. The predicted octanol–water partition coefficient (Wildman–Crippen LogP) is 0.978. The first-order valence-corrected chi connectivity index (χ1v) is 4.90. The summed E-state index contributed by atoms with van der Waals surface area (Å²) in [4.78, 5) is 22.1. The molecule has 0 aromatic carbocycles. The molecule has 4 fully saturated rings. The van der Waals surface area contributed by atoms with Crippen molar-refractivity contribution in [2.75, 3.05) is 0 Å². The first-order chi connectivity index (χ1) is 6.18. The van der Waals surface area contributed by atoms with E-state index in [1.54, 1.807) is 0 Å². The molecule has 3 atom stereocenters. The van der Waals surface area contributed by atoms with Crippen LogP contribution in [0.1, 0.15) is 19.8 Å². The van der Waals surface area contributed by atoms with Gasteiger partial charge < -0.3 is 4.74 Å². The van der Waals surface area contributed by atoms with E-state index in [0.717, 1.165) is 11.8 Å². The van der Waals surface area contributed by atoms with E-state index in [9.17, 15) is 9.59 Å². The van der Waals surface area contributed by atoms with Crippen molar-refractivity contribution in [3.05, 3.63) is 0 Å². The van der Waals surface area contributed by atoms with Gasteiger partial charge in [0.1, 0.15) is 0 Å². The zero-order valence-electron chi connectivity index (χ0n) is 7.53. The van der Waals surface area contributed by atoms with Gasteiger partial charge in [0, 0.05) is 6.92 Å². The molecular weight excluding hydrogens is 168 g/mol. The summed E-state index contributed by atoms with van der Waals surface area (Å²) in [7, 11) is 0. The number of carbonyl (C=O) groups is 2. The van der Waals surface area contributed by atoms with Crippen LogP contribution in [0.4, 0.5) is 0 Å². The smallest absolute Gasteiger partial charge is 0.317 e. The Morgan fingerprint density at radius 1 is 1.23 bits per heavy atom. The highest BCUT2D eigenvalue weighted by molar-refractivity contribution is 5.86. The number of ether oxygens (including phenoxy) is 1. The van der Waals surface area contributed by atoms with Gasteiger partial charge >= 0.3 is 11.9 Å². The summed E-state index contributed by atoms with van der Waals surface area (Å²) in [6, 6.07) is 0. The summed E-state index contributed by atoms with van der Waals surface area (Å²) in [5, 5.41) is 0. The zero-order chi connectivity index (χ0) is 9.16. The zero-order valence-corrected chi connectivity index (χ0v) is 7.53. The minimum Gasteiger partial charge on any atom is -0.393 e. The third kappa shape index (κ3) is 0.847. The highest BCUT2D eigenvalue weighted by atomic mass is 16.6. The van der Waals surface area contributed by atoms with Gasteiger partial charge in [-0.3, -0.25) is 9.59 Å². The number of rotatable bonds is 1. The first-order valence-electron chi connectivity index (χ1n) is 4.90. The van der Waals surface area contributed by atoms with Crippen LogP contribution in [0.15, 0.2) is 0 Å². The Bertz CT molecular complexity index is 283. The maximum Gasteiger partial charge on any atom is 0.317 e. The van der Waals surface area contributed by atoms with Crippen LogP contribution in [-0.2, 0) is 14.3 Å². The monoisotopic (exact) mass is 180 g/mol. The predicted molar refractivity (Wildman–Crippen MR) is 43.5 cm³/mol. The fraction of sp³-hybridized carbons (Fsp3) is 0.800. The number of carbonyl (C=O) groups excluding carboxylic acids is 2. The van der Waals surface area contributed by atoms with Crippen molar-refractivity contribution in [3.8, 4) is 0 Å². The molecule has 0 spiro atoms. The van der Waals surface area contributed by atoms with Crippen molar-refractivity contribution < 1.29 is 14.3 Å². The Kier molecular flexibility index (Phi) is 1.24. The molecule has 0 radical (unpaired) electrons. The standard InChI is InChI=1S/C10H12O3/c1-4(11)13-10(12)8-5-2-6-7(3-5)9(6)8/h5-9H,2-3H2,1H3/t5?,6-,7-,8+,9?/m1/s1. The van der Waals surface area contributed by atoms with Crippen molar-refractivity contribution in [2.24, 2.45) is 29.6 Å². The van der Waals surface area contributed by atoms with Gasteiger partial charge in [0.05, 0.1) is 5.92 Å². The van der Waals surface area contributed by atoms with Gasteiger partial charge in [-0.05, 0) is 36.5 Å². The summed E-state index contributed by atoms with van der Waals surface area (Å²) >= 11 is 0. The lowest BCUT2D eigenvalue weighted by molar-refractivity contribution is -0.162. The van der Waals surface area contributed by atoms with Crippen LogP contribution >= 0.6 is 0 Å². The molecular formula is C10H12O3. The quantitative estimate of drug-likeness (QED) is 0.446. The van der Waals surface area contributed by atoms with Gasteiger partial charge in [0.15, 0.2) is 0 Å². The van der Waals surface area contributed by atoms with Crippen LogP contribution in [0, 0.1) is 29.6 Å². The van der Waals surface area contributed by atoms with E-state index in [1.807, 2.05) is 0 Å². The molecule has 4 rings (SSSR count). The molecule has 0 saturated heterocycles. The average Bonchev–Trinajstić information content (AvgIpc) is 2.52. The summed E-state index contributed by atoms with van der Waals surface area (Å²) in [6.07, 6.45) is 2.40. The van der Waals surface area contributed by atoms with Gasteiger partial charge in [-0.1, -0.05) is 0 Å². The molecule has 3 heteroatoms. The third-order valence-electron chi connectivity index (χ3n) is 3.99. The molecule has 0 aromatic rings. The van der Waals surface area contributed by atoms with Crippen LogP contribution in [0.25, 0.3) is 0 Å². The van der Waals surface area contributed by atoms with E-state index in [-0.39, 0.29) is 11.9 Å². The fourth-order valence-corrected chi connectivity index (χ4v) is 3.63. The maximum atomic E-state index is 11.5. The molecule has 0 aliphatic heterocycles. The average molecular weight is 180 g/mol. The van der Waals surface area contributed by atoms with E-state index in [4.69, 9.17) is 0 Å². The van der Waals surface area contributed by atoms with Crippen molar-refractivity contribution in [1.82, 2.24) is 0 Å². The van der Waals surface area contributed by atoms with E-state index >= 15 is 0 Å². The van der Waals surface area contributed by atoms with Gasteiger partial charge in [-0.2, -0.15) is 0 Å². The van der Waals surface area contributed by atoms with Crippen LogP contribution in [0.2, 0.25) is 0 Å². The second-order valence-corrected chi connectivity index (χ2v) is 4.58. The van der Waals surface area contributed by atoms with Crippen molar-refractivity contribution in [3.63, 3.8) is 0 Å². The maximum absolute atomic E-state index is 11.5. The van der Waals surface area contributed by atoms with E-state index in [1.165, 1.54) is 19.8 Å². The van der Waals surface area contributed by atoms with E-state index in [0.29, 0.717) is 11.8 Å². The lowest BCUT2D eigenvalue weighted by atomic mass is 9.99. The van der Waals surface area contributed by atoms with Gasteiger partial charge in [-0.25, -0.2) is 0 Å². The summed E-state index contributed by atoms with van der Waals surface area (Å²) in [5.41, 5.74) is 0. The lowest BCUT2D eigenvalue weighted by Crippen LogP contribution is -2.22. The third-order valence-corrected chi connectivity index (χ3v) is 3.99. The van der Waals surface area contributed by atoms with Crippen molar-refractivity contribution >= 4 is 11.9 Å². The molecule has 0 unspecified atom stereocenters. The highest BCUT2D eigenvalue weighted by Gasteiger charge is 2.70. The Morgan fingerprint density at radius 3 is 2.23 bits per heavy atom. The molecule has 70 valence electrons. The molecule has 3 nitrogen and oxygen atoms in total. The fourth-order valence-electron chi connectivity index (χ4n) is 3.63. The Balaban J connectivity index is 1.74. The topological polar surface area (TPSA) is 43.4 Å². The second kappa shape index (κ2) is 2.14. The second-order valence-electron chi connectivity index (χ2n) is 4.58. The Morgan fingerprint density at radius 2 is 1.85 bits per heavy atom. The van der Waals surface area contributed by atoms with E-state index < -0.39 is 5.97 Å². The molecule has 13 heavy (non-hydrogen) atoms. The highest BCUT2D eigenvalue weighted by Crippen LogP contribution is 2.73. The van der Waals surface area contributed by atoms with Gasteiger partial charge in [0.2, 0.25) is 0 Å². The SMILES string of the molecule is CC(=O)OC(=O)[C@H]1C2C[C@H]3C1[C@@H]3C2. The lowest BCUT2D eigenvalue weighted by Gasteiger charge is -2.11. The molecule has 4 saturated carbocycles. The molecule has 0 aromatic heterocycles. The number of hydrogen-bond acceptors (Lipinski definition) is 3. The summed E-state index contributed by atoms with van der Waals surface area (Å²) < 4.78 is 4.65. The Hall–Kier alpha value is -0.860. The largest absolute Gasteiger partial charge is 0.393 e. The number of hydrogen-bond donors (Lipinski definition) is 0. The van der Waals surface area contributed by atoms with Gasteiger partial charge in [-0.15, -0.1) is 0 Å².